The van der Waals surface area contributed by atoms with Crippen LogP contribution >= 0.6 is 0 Å². The zero-order chi connectivity index (χ0) is 18.4. The number of imidazole rings is 1. The minimum atomic E-state index is 0.0262. The third-order valence-electron chi connectivity index (χ3n) is 4.75. The van der Waals surface area contributed by atoms with Gasteiger partial charge in [0.1, 0.15) is 5.82 Å². The second kappa shape index (κ2) is 8.93. The highest BCUT2D eigenvalue weighted by atomic mass is 16.5. The highest BCUT2D eigenvalue weighted by Crippen LogP contribution is 2.19. The Morgan fingerprint density at radius 2 is 2.19 bits per heavy atom. The number of hydrogen-bond acceptors (Lipinski definition) is 5. The van der Waals surface area contributed by atoms with E-state index >= 15 is 0 Å². The van der Waals surface area contributed by atoms with Gasteiger partial charge in [-0.3, -0.25) is 9.69 Å². The molecular weight excluding hydrogens is 330 g/mol. The first-order valence-corrected chi connectivity index (χ1v) is 8.93. The fraction of sp³-hybridized carbons (Fsp3) is 0.474. The van der Waals surface area contributed by atoms with Gasteiger partial charge >= 0.3 is 0 Å². The van der Waals surface area contributed by atoms with Crippen LogP contribution in [0.3, 0.4) is 0 Å². The average Bonchev–Trinajstić information content (AvgIpc) is 3.07. The van der Waals surface area contributed by atoms with Gasteiger partial charge in [-0.05, 0) is 11.1 Å². The molecule has 7 heteroatoms. The molecule has 0 aliphatic carbocycles. The van der Waals surface area contributed by atoms with Gasteiger partial charge in [-0.1, -0.05) is 24.3 Å². The van der Waals surface area contributed by atoms with Crippen molar-refractivity contribution in [3.63, 3.8) is 0 Å². The Balaban J connectivity index is 1.59. The lowest BCUT2D eigenvalue weighted by atomic mass is 10.1. The van der Waals surface area contributed by atoms with Crippen LogP contribution in [0, 0.1) is 0 Å². The molecule has 1 atom stereocenters. The van der Waals surface area contributed by atoms with Gasteiger partial charge in [-0.15, -0.1) is 0 Å². The van der Waals surface area contributed by atoms with Crippen LogP contribution in [0.15, 0.2) is 36.7 Å². The van der Waals surface area contributed by atoms with Crippen LogP contribution in [-0.2, 0) is 29.7 Å². The molecule has 0 saturated carbocycles. The maximum atomic E-state index is 12.5. The van der Waals surface area contributed by atoms with Crippen molar-refractivity contribution >= 4 is 5.91 Å². The number of aromatic nitrogens is 2. The topological polar surface area (TPSA) is 71.4 Å². The summed E-state index contributed by atoms with van der Waals surface area (Å²) in [6.45, 7) is 3.93. The van der Waals surface area contributed by atoms with Crippen LogP contribution < -0.4 is 10.6 Å². The number of amides is 1. The largest absolute Gasteiger partial charge is 0.380 e. The third kappa shape index (κ3) is 4.49. The van der Waals surface area contributed by atoms with Crippen molar-refractivity contribution in [3.8, 4) is 0 Å². The van der Waals surface area contributed by atoms with E-state index in [1.54, 1.807) is 13.3 Å². The summed E-state index contributed by atoms with van der Waals surface area (Å²) in [5, 5.41) is 6.43. The number of rotatable bonds is 7. The number of nitrogens with zero attached hydrogens (tertiary/aromatic N) is 3. The summed E-state index contributed by atoms with van der Waals surface area (Å²) in [7, 11) is 3.67. The molecule has 140 valence electrons. The molecule has 1 unspecified atom stereocenters. The molecule has 0 bridgehead atoms. The van der Waals surface area contributed by atoms with Gasteiger partial charge in [0.25, 0.3) is 0 Å². The number of nitrogens with one attached hydrogen (secondary N) is 2. The zero-order valence-corrected chi connectivity index (χ0v) is 15.4. The highest BCUT2D eigenvalue weighted by molar-refractivity contribution is 5.78. The van der Waals surface area contributed by atoms with Crippen molar-refractivity contribution in [2.45, 2.75) is 19.2 Å². The lowest BCUT2D eigenvalue weighted by Crippen LogP contribution is -2.50. The van der Waals surface area contributed by atoms with Crippen LogP contribution in [-0.4, -0.2) is 53.6 Å². The average molecular weight is 357 g/mol. The zero-order valence-electron chi connectivity index (χ0n) is 15.4. The Morgan fingerprint density at radius 3 is 2.92 bits per heavy atom. The number of methoxy groups -OCH3 is 1. The summed E-state index contributed by atoms with van der Waals surface area (Å²) in [5.41, 5.74) is 2.19. The number of aryl methyl sites for hydroxylation is 1. The number of carbonyl (C=O) groups excluding carboxylic acids is 1. The number of hydrogen-bond donors (Lipinski definition) is 2. The van der Waals surface area contributed by atoms with Crippen molar-refractivity contribution in [2.24, 2.45) is 7.05 Å². The molecule has 1 aromatic heterocycles. The SMILES string of the molecule is COCc1ccccc1CNC(=O)CN1CCNCC1c1nccn1C. The monoisotopic (exact) mass is 357 g/mol. The van der Waals surface area contributed by atoms with E-state index in [9.17, 15) is 4.79 Å². The summed E-state index contributed by atoms with van der Waals surface area (Å²) in [6.07, 6.45) is 3.74. The molecule has 1 amide bonds. The van der Waals surface area contributed by atoms with Crippen LogP contribution in [0.1, 0.15) is 23.0 Å². The minimum Gasteiger partial charge on any atom is -0.380 e. The number of carbonyl (C=O) groups is 1. The first-order chi connectivity index (χ1) is 12.7. The Bertz CT molecular complexity index is 730. The van der Waals surface area contributed by atoms with Crippen molar-refractivity contribution in [1.29, 1.82) is 0 Å². The minimum absolute atomic E-state index is 0.0262. The smallest absolute Gasteiger partial charge is 0.234 e. The predicted octanol–water partition coefficient (Wildman–Crippen LogP) is 0.829. The first-order valence-electron chi connectivity index (χ1n) is 8.93. The van der Waals surface area contributed by atoms with Crippen LogP contribution in [0.2, 0.25) is 0 Å². The van der Waals surface area contributed by atoms with E-state index in [1.807, 2.05) is 42.1 Å². The summed E-state index contributed by atoms with van der Waals surface area (Å²) in [4.78, 5) is 19.2. The van der Waals surface area contributed by atoms with Gasteiger partial charge in [0.2, 0.25) is 5.91 Å². The van der Waals surface area contributed by atoms with Crippen LogP contribution in [0.25, 0.3) is 0 Å². The Hall–Kier alpha value is -2.22. The summed E-state index contributed by atoms with van der Waals surface area (Å²) in [5.74, 6) is 1.01. The van der Waals surface area contributed by atoms with E-state index in [0.717, 1.165) is 36.6 Å². The molecule has 7 nitrogen and oxygen atoms in total. The van der Waals surface area contributed by atoms with Crippen LogP contribution in [0.5, 0.6) is 0 Å². The molecule has 1 saturated heterocycles. The summed E-state index contributed by atoms with van der Waals surface area (Å²) >= 11 is 0. The first kappa shape index (κ1) is 18.6. The van der Waals surface area contributed by atoms with Crippen molar-refractivity contribution in [3.05, 3.63) is 53.6 Å². The molecule has 1 aromatic carbocycles. The van der Waals surface area contributed by atoms with E-state index in [0.29, 0.717) is 19.7 Å². The molecule has 0 spiro atoms. The molecule has 3 rings (SSSR count). The second-order valence-electron chi connectivity index (χ2n) is 6.57. The van der Waals surface area contributed by atoms with Crippen LogP contribution in [0.4, 0.5) is 0 Å². The van der Waals surface area contributed by atoms with Gasteiger partial charge in [0.15, 0.2) is 0 Å². The standard InChI is InChI=1S/C19H27N5O2/c1-23-9-8-21-19(23)17-12-20-7-10-24(17)13-18(25)22-11-15-5-3-4-6-16(15)14-26-2/h3-6,8-9,17,20H,7,10-14H2,1-2H3,(H,22,25). The Labute approximate surface area is 154 Å². The molecule has 1 aliphatic rings. The fourth-order valence-electron chi connectivity index (χ4n) is 3.35. The van der Waals surface area contributed by atoms with E-state index in [1.165, 1.54) is 0 Å². The Kier molecular flexibility index (Phi) is 6.38. The molecule has 0 radical (unpaired) electrons. The molecule has 2 N–H and O–H groups in total. The molecule has 1 aliphatic heterocycles. The maximum Gasteiger partial charge on any atom is 0.234 e. The van der Waals surface area contributed by atoms with Gasteiger partial charge < -0.3 is 19.9 Å². The van der Waals surface area contributed by atoms with Gasteiger partial charge in [-0.2, -0.15) is 0 Å². The summed E-state index contributed by atoms with van der Waals surface area (Å²) < 4.78 is 7.24. The van der Waals surface area contributed by atoms with Gasteiger partial charge in [0, 0.05) is 52.7 Å². The van der Waals surface area contributed by atoms with Crippen molar-refractivity contribution in [1.82, 2.24) is 25.1 Å². The van der Waals surface area contributed by atoms with E-state index in [-0.39, 0.29) is 11.9 Å². The highest BCUT2D eigenvalue weighted by Gasteiger charge is 2.28. The molecular formula is C19H27N5O2. The Morgan fingerprint density at radius 1 is 1.38 bits per heavy atom. The maximum absolute atomic E-state index is 12.5. The second-order valence-corrected chi connectivity index (χ2v) is 6.57. The van der Waals surface area contributed by atoms with E-state index in [2.05, 4.69) is 20.5 Å². The lowest BCUT2D eigenvalue weighted by Gasteiger charge is -2.35. The number of piperazine rings is 1. The molecule has 1 fully saturated rings. The summed E-state index contributed by atoms with van der Waals surface area (Å²) in [6, 6.07) is 8.12. The quantitative estimate of drug-likeness (QED) is 0.768. The van der Waals surface area contributed by atoms with E-state index < -0.39 is 0 Å². The molecule has 2 heterocycles. The third-order valence-corrected chi connectivity index (χ3v) is 4.75. The van der Waals surface area contributed by atoms with Gasteiger partial charge in [0.05, 0.1) is 19.2 Å². The van der Waals surface area contributed by atoms with Crippen molar-refractivity contribution in [2.75, 3.05) is 33.3 Å². The fourth-order valence-corrected chi connectivity index (χ4v) is 3.35. The van der Waals surface area contributed by atoms with E-state index in [4.69, 9.17) is 4.74 Å². The number of ether oxygens (including phenoxy) is 1. The molecule has 2 aromatic rings. The normalized spacial score (nSPS) is 18.0. The number of benzene rings is 1. The molecule has 26 heavy (non-hydrogen) atoms. The van der Waals surface area contributed by atoms with Gasteiger partial charge in [-0.25, -0.2) is 4.98 Å². The van der Waals surface area contributed by atoms with Crippen molar-refractivity contribution < 1.29 is 9.53 Å². The predicted molar refractivity (Wildman–Crippen MR) is 99.4 cm³/mol. The lowest BCUT2D eigenvalue weighted by molar-refractivity contribution is -0.123.